The number of hydrogen-bond donors (Lipinski definition) is 2. The Bertz CT molecular complexity index is 1130. The van der Waals surface area contributed by atoms with Crippen molar-refractivity contribution in [3.63, 3.8) is 0 Å². The van der Waals surface area contributed by atoms with Gasteiger partial charge in [-0.25, -0.2) is 9.59 Å². The number of rotatable bonds is 4. The summed E-state index contributed by atoms with van der Waals surface area (Å²) in [5.74, 6) is -0.282. The van der Waals surface area contributed by atoms with Crippen LogP contribution in [0.25, 0.3) is 0 Å². The average Bonchev–Trinajstić information content (AvgIpc) is 3.13. The zero-order valence-corrected chi connectivity index (χ0v) is 21.8. The Kier molecular flexibility index (Phi) is 5.68. The molecule has 196 valence electrons. The van der Waals surface area contributed by atoms with Crippen LogP contribution in [0.2, 0.25) is 0 Å². The predicted octanol–water partition coefficient (Wildman–Crippen LogP) is 2.49. The Morgan fingerprint density at radius 3 is 2.64 bits per heavy atom. The van der Waals surface area contributed by atoms with Crippen molar-refractivity contribution < 1.29 is 33.7 Å². The quantitative estimate of drug-likeness (QED) is 0.606. The van der Waals surface area contributed by atoms with E-state index in [2.05, 4.69) is 10.2 Å². The molecule has 9 heteroatoms. The van der Waals surface area contributed by atoms with Gasteiger partial charge in [0.05, 0.1) is 11.0 Å². The lowest BCUT2D eigenvalue weighted by Crippen LogP contribution is -2.76. The maximum absolute atomic E-state index is 13.1. The summed E-state index contributed by atoms with van der Waals surface area (Å²) in [6.45, 7) is 9.65. The van der Waals surface area contributed by atoms with E-state index in [1.54, 1.807) is 26.8 Å². The van der Waals surface area contributed by atoms with Gasteiger partial charge in [-0.3, -0.25) is 4.79 Å². The molecule has 4 aliphatic rings. The van der Waals surface area contributed by atoms with Crippen LogP contribution < -0.4 is 14.8 Å². The van der Waals surface area contributed by atoms with Crippen molar-refractivity contribution in [3.05, 3.63) is 23.3 Å². The smallest absolute Gasteiger partial charge is 0.413 e. The number of aliphatic hydroxyl groups is 1. The van der Waals surface area contributed by atoms with Gasteiger partial charge in [0.1, 0.15) is 11.6 Å². The number of nitrogens with zero attached hydrogens (tertiary/aromatic N) is 1. The Morgan fingerprint density at radius 1 is 1.25 bits per heavy atom. The molecule has 1 unspecified atom stereocenters. The first kappa shape index (κ1) is 25.0. The number of likely N-dealkylation sites (tertiary alicyclic amines) is 1. The molecule has 2 fully saturated rings. The van der Waals surface area contributed by atoms with Gasteiger partial charge in [-0.2, -0.15) is 0 Å². The molecule has 36 heavy (non-hydrogen) atoms. The van der Waals surface area contributed by atoms with E-state index in [0.717, 1.165) is 17.7 Å². The number of carbonyl (C=O) groups is 3. The van der Waals surface area contributed by atoms with Crippen LogP contribution in [-0.4, -0.2) is 70.8 Å². The Balaban J connectivity index is 1.47. The third-order valence-electron chi connectivity index (χ3n) is 8.31. The number of ketones is 1. The molecule has 1 aromatic rings. The molecule has 2 heterocycles. The summed E-state index contributed by atoms with van der Waals surface area (Å²) >= 11 is 0. The number of esters is 1. The van der Waals surface area contributed by atoms with Gasteiger partial charge in [0, 0.05) is 18.0 Å². The Labute approximate surface area is 211 Å². The molecule has 1 aromatic carbocycles. The second-order valence-electron chi connectivity index (χ2n) is 12.0. The molecule has 2 N–H and O–H groups in total. The van der Waals surface area contributed by atoms with Gasteiger partial charge < -0.3 is 29.5 Å². The topological polar surface area (TPSA) is 114 Å². The zero-order valence-electron chi connectivity index (χ0n) is 21.8. The lowest BCUT2D eigenvalue weighted by atomic mass is 9.49. The molecule has 1 spiro atoms. The van der Waals surface area contributed by atoms with Crippen LogP contribution in [0.15, 0.2) is 12.1 Å². The summed E-state index contributed by atoms with van der Waals surface area (Å²) in [6.07, 6.45) is 0.222. The van der Waals surface area contributed by atoms with E-state index < -0.39 is 40.8 Å². The normalized spacial score (nSPS) is 31.4. The van der Waals surface area contributed by atoms with Crippen molar-refractivity contribution in [2.45, 2.75) is 95.1 Å². The number of piperidine rings is 1. The highest BCUT2D eigenvalue weighted by molar-refractivity contribution is 5.90. The van der Waals surface area contributed by atoms with E-state index in [0.29, 0.717) is 25.0 Å². The molecule has 0 radical (unpaired) electrons. The number of ether oxygens (including phenoxy) is 3. The average molecular weight is 501 g/mol. The minimum absolute atomic E-state index is 0.0350. The molecule has 0 aromatic heterocycles. The zero-order chi connectivity index (χ0) is 26.2. The summed E-state index contributed by atoms with van der Waals surface area (Å²) in [5, 5.41) is 14.7. The monoisotopic (exact) mass is 500 g/mol. The summed E-state index contributed by atoms with van der Waals surface area (Å²) in [6, 6.07) is 2.56. The van der Waals surface area contributed by atoms with Crippen LogP contribution in [0.4, 0.5) is 4.79 Å². The van der Waals surface area contributed by atoms with Crippen molar-refractivity contribution in [2.75, 3.05) is 13.6 Å². The van der Waals surface area contributed by atoms with Crippen LogP contribution >= 0.6 is 0 Å². The SMILES string of the molecule is CC(C)C(NC(=O)Oc1ccc2c3c1O[C@H]1C(=O)CC[C@@]4(O)[C@@H](C2)N(C)CC[C@]314)C(=O)OC(C)(C)C. The fourth-order valence-corrected chi connectivity index (χ4v) is 6.72. The van der Waals surface area contributed by atoms with E-state index >= 15 is 0 Å². The first-order valence-electron chi connectivity index (χ1n) is 12.8. The van der Waals surface area contributed by atoms with E-state index in [-0.39, 0.29) is 29.9 Å². The van der Waals surface area contributed by atoms with E-state index in [4.69, 9.17) is 14.2 Å². The molecular weight excluding hydrogens is 464 g/mol. The fraction of sp³-hybridized carbons (Fsp3) is 0.667. The molecule has 5 atom stereocenters. The second kappa shape index (κ2) is 8.18. The molecule has 2 aliphatic carbocycles. The number of nitrogens with one attached hydrogen (secondary N) is 1. The van der Waals surface area contributed by atoms with Crippen molar-refractivity contribution in [3.8, 4) is 11.5 Å². The molecule has 9 nitrogen and oxygen atoms in total. The first-order valence-corrected chi connectivity index (χ1v) is 12.8. The molecule has 2 bridgehead atoms. The summed E-state index contributed by atoms with van der Waals surface area (Å²) in [5.41, 5.74) is -0.846. The minimum atomic E-state index is -1.10. The fourth-order valence-electron chi connectivity index (χ4n) is 6.72. The van der Waals surface area contributed by atoms with Crippen LogP contribution in [0.3, 0.4) is 0 Å². The van der Waals surface area contributed by atoms with E-state index in [1.807, 2.05) is 27.0 Å². The maximum Gasteiger partial charge on any atom is 0.413 e. The second-order valence-corrected chi connectivity index (χ2v) is 12.0. The number of hydrogen-bond acceptors (Lipinski definition) is 8. The maximum atomic E-state index is 13.1. The third-order valence-corrected chi connectivity index (χ3v) is 8.31. The lowest BCUT2D eigenvalue weighted by Gasteiger charge is -2.61. The van der Waals surface area contributed by atoms with Crippen molar-refractivity contribution >= 4 is 17.8 Å². The van der Waals surface area contributed by atoms with Crippen LogP contribution in [0, 0.1) is 5.92 Å². The standard InChI is InChI=1S/C27H36N2O7/c1-14(2)20(23(31)36-25(3,4)5)28-24(32)34-17-8-7-15-13-18-27(33)10-9-16(30)22-26(27,11-12-29(18)6)19(15)21(17)35-22/h7-8,14,18,20,22,33H,9-13H2,1-6H3,(H,28,32)/t18-,20?,22+,26+,27-/m1/s1. The Morgan fingerprint density at radius 2 is 1.97 bits per heavy atom. The molecular formula is C27H36N2O7. The predicted molar refractivity (Wildman–Crippen MR) is 130 cm³/mol. The largest absolute Gasteiger partial charge is 0.477 e. The van der Waals surface area contributed by atoms with Crippen molar-refractivity contribution in [1.29, 1.82) is 0 Å². The highest BCUT2D eigenvalue weighted by Gasteiger charge is 2.72. The highest BCUT2D eigenvalue weighted by atomic mass is 16.6. The highest BCUT2D eigenvalue weighted by Crippen LogP contribution is 2.64. The van der Waals surface area contributed by atoms with E-state index in [1.165, 1.54) is 0 Å². The molecule has 1 amide bonds. The molecule has 5 rings (SSSR count). The first-order chi connectivity index (χ1) is 16.8. The van der Waals surface area contributed by atoms with Gasteiger partial charge in [0.2, 0.25) is 0 Å². The number of Topliss-reactive ketones (excluding diaryl/α,β-unsaturated/α-hetero) is 1. The van der Waals surface area contributed by atoms with Gasteiger partial charge >= 0.3 is 12.1 Å². The van der Waals surface area contributed by atoms with Gasteiger partial charge in [0.15, 0.2) is 23.4 Å². The van der Waals surface area contributed by atoms with E-state index in [9.17, 15) is 19.5 Å². The van der Waals surface area contributed by atoms with Crippen LogP contribution in [0.5, 0.6) is 11.5 Å². The third kappa shape index (κ3) is 3.54. The number of amides is 1. The van der Waals surface area contributed by atoms with Crippen LogP contribution in [-0.2, 0) is 26.2 Å². The summed E-state index contributed by atoms with van der Waals surface area (Å²) < 4.78 is 17.4. The lowest BCUT2D eigenvalue weighted by molar-refractivity contribution is -0.185. The number of carbonyl (C=O) groups excluding carboxylic acids is 3. The van der Waals surface area contributed by atoms with Gasteiger partial charge in [-0.15, -0.1) is 0 Å². The molecule has 1 saturated heterocycles. The van der Waals surface area contributed by atoms with Crippen LogP contribution in [0.1, 0.15) is 65.0 Å². The molecule has 2 aliphatic heterocycles. The molecule has 1 saturated carbocycles. The van der Waals surface area contributed by atoms with Crippen molar-refractivity contribution in [2.24, 2.45) is 5.92 Å². The van der Waals surface area contributed by atoms with Gasteiger partial charge in [-0.1, -0.05) is 19.9 Å². The van der Waals surface area contributed by atoms with Gasteiger partial charge in [-0.05, 0) is 71.2 Å². The summed E-state index contributed by atoms with van der Waals surface area (Å²) in [7, 11) is 2.01. The number of likely N-dealkylation sites (N-methyl/N-ethyl adjacent to an activating group) is 1. The minimum Gasteiger partial charge on any atom is -0.477 e. The number of benzene rings is 1. The summed E-state index contributed by atoms with van der Waals surface area (Å²) in [4.78, 5) is 40.8. The Hall–Kier alpha value is -2.65. The van der Waals surface area contributed by atoms with Gasteiger partial charge in [0.25, 0.3) is 0 Å². The van der Waals surface area contributed by atoms with Crippen molar-refractivity contribution in [1.82, 2.24) is 10.2 Å².